The highest BCUT2D eigenvalue weighted by Gasteiger charge is 2.44. The fraction of sp³-hybridized carbons (Fsp3) is 0.600. The number of rotatable bonds is 3. The van der Waals surface area contributed by atoms with Gasteiger partial charge in [0.1, 0.15) is 11.9 Å². The largest absolute Gasteiger partial charge is 0.467 e. The molecule has 1 fully saturated rings. The van der Waals surface area contributed by atoms with Crippen LogP contribution in [0.1, 0.15) is 31.1 Å². The third kappa shape index (κ3) is 1.28. The first-order valence-corrected chi connectivity index (χ1v) is 4.70. The molecule has 72 valence electrons. The van der Waals surface area contributed by atoms with Gasteiger partial charge in [-0.15, -0.1) is 0 Å². The predicted octanol–water partition coefficient (Wildman–Crippen LogP) is 1.44. The summed E-state index contributed by atoms with van der Waals surface area (Å²) < 4.78 is 5.17. The second-order valence-corrected chi connectivity index (χ2v) is 3.84. The van der Waals surface area contributed by atoms with Crippen molar-refractivity contribution in [2.75, 3.05) is 6.54 Å². The highest BCUT2D eigenvalue weighted by atomic mass is 16.4. The minimum atomic E-state index is -0.527. The molecule has 0 bridgehead atoms. The van der Waals surface area contributed by atoms with Crippen LogP contribution in [0.5, 0.6) is 0 Å². The molecular formula is C10H15NO2. The maximum absolute atomic E-state index is 10.0. The topological polar surface area (TPSA) is 59.4 Å². The number of hydrogen-bond acceptors (Lipinski definition) is 3. The van der Waals surface area contributed by atoms with Crippen molar-refractivity contribution in [3.05, 3.63) is 24.2 Å². The second-order valence-electron chi connectivity index (χ2n) is 3.84. The number of aliphatic hydroxyl groups excluding tert-OH is 1. The molecule has 1 aliphatic carbocycles. The Morgan fingerprint density at radius 1 is 1.62 bits per heavy atom. The highest BCUT2D eigenvalue weighted by molar-refractivity contribution is 5.09. The zero-order valence-corrected chi connectivity index (χ0v) is 7.57. The van der Waals surface area contributed by atoms with Gasteiger partial charge in [0.15, 0.2) is 0 Å². The molecule has 13 heavy (non-hydrogen) atoms. The molecule has 1 saturated carbocycles. The van der Waals surface area contributed by atoms with E-state index in [0.717, 1.165) is 19.3 Å². The molecule has 0 spiro atoms. The lowest BCUT2D eigenvalue weighted by Crippen LogP contribution is -2.42. The maximum Gasteiger partial charge on any atom is 0.132 e. The van der Waals surface area contributed by atoms with Gasteiger partial charge in [-0.25, -0.2) is 0 Å². The Hall–Kier alpha value is -0.800. The summed E-state index contributed by atoms with van der Waals surface area (Å²) >= 11 is 0. The molecular weight excluding hydrogens is 166 g/mol. The van der Waals surface area contributed by atoms with Crippen LogP contribution in [0.3, 0.4) is 0 Å². The van der Waals surface area contributed by atoms with E-state index < -0.39 is 6.10 Å². The molecule has 1 aliphatic rings. The van der Waals surface area contributed by atoms with E-state index in [2.05, 4.69) is 0 Å². The number of furan rings is 1. The van der Waals surface area contributed by atoms with Crippen molar-refractivity contribution in [3.63, 3.8) is 0 Å². The van der Waals surface area contributed by atoms with Gasteiger partial charge in [-0.3, -0.25) is 0 Å². The standard InChI is InChI=1S/C10H15NO2/c11-7-10(4-2-5-10)9(12)8-3-1-6-13-8/h1,3,6,9,12H,2,4-5,7,11H2/t9-/m1/s1. The highest BCUT2D eigenvalue weighted by Crippen LogP contribution is 2.49. The van der Waals surface area contributed by atoms with Gasteiger partial charge in [0.05, 0.1) is 6.26 Å². The van der Waals surface area contributed by atoms with E-state index in [-0.39, 0.29) is 5.41 Å². The molecule has 3 heteroatoms. The smallest absolute Gasteiger partial charge is 0.132 e. The number of aliphatic hydroxyl groups is 1. The summed E-state index contributed by atoms with van der Waals surface area (Å²) in [5.41, 5.74) is 5.56. The third-order valence-corrected chi connectivity index (χ3v) is 3.15. The Balaban J connectivity index is 2.16. The van der Waals surface area contributed by atoms with Crippen molar-refractivity contribution < 1.29 is 9.52 Å². The SMILES string of the molecule is NCC1([C@H](O)c2ccco2)CCC1. The molecule has 2 rings (SSSR count). The van der Waals surface area contributed by atoms with Crippen molar-refractivity contribution in [1.82, 2.24) is 0 Å². The van der Waals surface area contributed by atoms with Gasteiger partial charge in [-0.05, 0) is 25.0 Å². The lowest BCUT2D eigenvalue weighted by Gasteiger charge is -2.43. The quantitative estimate of drug-likeness (QED) is 0.741. The Labute approximate surface area is 77.5 Å². The van der Waals surface area contributed by atoms with Crippen molar-refractivity contribution in [2.45, 2.75) is 25.4 Å². The van der Waals surface area contributed by atoms with Crippen LogP contribution in [0.25, 0.3) is 0 Å². The fourth-order valence-electron chi connectivity index (χ4n) is 1.97. The monoisotopic (exact) mass is 181 g/mol. The van der Waals surface area contributed by atoms with Gasteiger partial charge in [-0.1, -0.05) is 6.42 Å². The van der Waals surface area contributed by atoms with E-state index in [1.54, 1.807) is 18.4 Å². The van der Waals surface area contributed by atoms with Crippen LogP contribution < -0.4 is 5.73 Å². The average molecular weight is 181 g/mol. The summed E-state index contributed by atoms with van der Waals surface area (Å²) in [5, 5.41) is 10.0. The van der Waals surface area contributed by atoms with Crippen LogP contribution in [0, 0.1) is 5.41 Å². The Bertz CT molecular complexity index is 259. The van der Waals surface area contributed by atoms with Gasteiger partial charge < -0.3 is 15.3 Å². The summed E-state index contributed by atoms with van der Waals surface area (Å²) in [6.45, 7) is 0.537. The first-order chi connectivity index (χ1) is 6.28. The van der Waals surface area contributed by atoms with Crippen LogP contribution in [0.4, 0.5) is 0 Å². The van der Waals surface area contributed by atoms with Crippen LogP contribution >= 0.6 is 0 Å². The van der Waals surface area contributed by atoms with Gasteiger partial charge in [-0.2, -0.15) is 0 Å². The normalized spacial score (nSPS) is 22.3. The Morgan fingerprint density at radius 2 is 2.38 bits per heavy atom. The van der Waals surface area contributed by atoms with Crippen LogP contribution in [0.15, 0.2) is 22.8 Å². The molecule has 3 nitrogen and oxygen atoms in total. The summed E-state index contributed by atoms with van der Waals surface area (Å²) in [6.07, 6.45) is 4.23. The Kier molecular flexibility index (Phi) is 2.14. The molecule has 3 N–H and O–H groups in total. The maximum atomic E-state index is 10.0. The van der Waals surface area contributed by atoms with E-state index in [4.69, 9.17) is 10.2 Å². The molecule has 0 aromatic carbocycles. The van der Waals surface area contributed by atoms with Crippen molar-refractivity contribution in [3.8, 4) is 0 Å². The molecule has 1 aromatic rings. The predicted molar refractivity (Wildman–Crippen MR) is 49.0 cm³/mol. The zero-order chi connectivity index (χ0) is 9.31. The molecule has 1 heterocycles. The van der Waals surface area contributed by atoms with Gasteiger partial charge >= 0.3 is 0 Å². The summed E-state index contributed by atoms with van der Waals surface area (Å²) in [7, 11) is 0. The number of hydrogen-bond donors (Lipinski definition) is 2. The number of nitrogens with two attached hydrogens (primary N) is 1. The van der Waals surface area contributed by atoms with Crippen molar-refractivity contribution >= 4 is 0 Å². The average Bonchev–Trinajstić information content (AvgIpc) is 2.54. The molecule has 0 amide bonds. The molecule has 0 radical (unpaired) electrons. The van der Waals surface area contributed by atoms with Gasteiger partial charge in [0.25, 0.3) is 0 Å². The lowest BCUT2D eigenvalue weighted by molar-refractivity contribution is -0.0417. The van der Waals surface area contributed by atoms with Gasteiger partial charge in [0, 0.05) is 12.0 Å². The third-order valence-electron chi connectivity index (χ3n) is 3.15. The van der Waals surface area contributed by atoms with E-state index >= 15 is 0 Å². The van der Waals surface area contributed by atoms with Crippen LogP contribution in [-0.4, -0.2) is 11.7 Å². The summed E-state index contributed by atoms with van der Waals surface area (Å²) in [5.74, 6) is 0.644. The molecule has 0 aliphatic heterocycles. The fourth-order valence-corrected chi connectivity index (χ4v) is 1.97. The van der Waals surface area contributed by atoms with Crippen LogP contribution in [0.2, 0.25) is 0 Å². The molecule has 1 aromatic heterocycles. The molecule has 0 unspecified atom stereocenters. The zero-order valence-electron chi connectivity index (χ0n) is 7.57. The van der Waals surface area contributed by atoms with E-state index in [1.165, 1.54) is 0 Å². The van der Waals surface area contributed by atoms with Gasteiger partial charge in [0.2, 0.25) is 0 Å². The lowest BCUT2D eigenvalue weighted by atomic mass is 9.64. The van der Waals surface area contributed by atoms with Crippen molar-refractivity contribution in [2.24, 2.45) is 11.1 Å². The first-order valence-electron chi connectivity index (χ1n) is 4.70. The van der Waals surface area contributed by atoms with E-state index in [0.29, 0.717) is 12.3 Å². The minimum Gasteiger partial charge on any atom is -0.467 e. The first kappa shape index (κ1) is 8.78. The van der Waals surface area contributed by atoms with E-state index in [9.17, 15) is 5.11 Å². The molecule has 0 saturated heterocycles. The second kappa shape index (κ2) is 3.16. The molecule has 1 atom stereocenters. The minimum absolute atomic E-state index is 0.113. The van der Waals surface area contributed by atoms with E-state index in [1.807, 2.05) is 0 Å². The van der Waals surface area contributed by atoms with Crippen molar-refractivity contribution in [1.29, 1.82) is 0 Å². The van der Waals surface area contributed by atoms with Crippen LogP contribution in [-0.2, 0) is 0 Å². The summed E-state index contributed by atoms with van der Waals surface area (Å²) in [6, 6.07) is 3.60. The Morgan fingerprint density at radius 3 is 2.77 bits per heavy atom. The summed E-state index contributed by atoms with van der Waals surface area (Å²) in [4.78, 5) is 0.